The molecule has 2 heteroatoms. The molecule has 2 aliphatic carbocycles. The molecule has 0 N–H and O–H groups in total. The summed E-state index contributed by atoms with van der Waals surface area (Å²) in [6.45, 7) is 4.60. The van der Waals surface area contributed by atoms with Gasteiger partial charge in [-0.15, -0.1) is 0 Å². The summed E-state index contributed by atoms with van der Waals surface area (Å²) < 4.78 is 6.67. The summed E-state index contributed by atoms with van der Waals surface area (Å²) in [7, 11) is 0. The van der Waals surface area contributed by atoms with E-state index in [1.54, 1.807) is 0 Å². The van der Waals surface area contributed by atoms with Crippen LogP contribution >= 0.6 is 0 Å². The summed E-state index contributed by atoms with van der Waals surface area (Å²) in [6.07, 6.45) is 0. The monoisotopic (exact) mass is 549 g/mol. The van der Waals surface area contributed by atoms with Crippen molar-refractivity contribution in [2.75, 3.05) is 0 Å². The minimum atomic E-state index is -0.147. The van der Waals surface area contributed by atoms with Gasteiger partial charge in [-0.25, -0.2) is 0 Å². The Kier molecular flexibility index (Phi) is 4.83. The quantitative estimate of drug-likeness (QED) is 0.215. The summed E-state index contributed by atoms with van der Waals surface area (Å²) in [5, 5.41) is 12.2. The fraction of sp³-hybridized carbons (Fsp3) is 0.0976. The van der Waals surface area contributed by atoms with Gasteiger partial charge in [-0.3, -0.25) is 0 Å². The molecular formula is C41H27NO. The number of fused-ring (bicyclic) bond motifs is 10. The van der Waals surface area contributed by atoms with E-state index in [1.165, 1.54) is 44.5 Å². The molecule has 43 heavy (non-hydrogen) atoms. The van der Waals surface area contributed by atoms with Gasteiger partial charge in [-0.05, 0) is 86.0 Å². The Balaban J connectivity index is 1.27. The Hall–Kier alpha value is -5.39. The van der Waals surface area contributed by atoms with Crippen LogP contribution in [0.1, 0.15) is 53.1 Å². The van der Waals surface area contributed by atoms with Gasteiger partial charge < -0.3 is 4.42 Å². The van der Waals surface area contributed by atoms with Crippen LogP contribution in [0.15, 0.2) is 126 Å². The second-order valence-electron chi connectivity index (χ2n) is 12.4. The predicted octanol–water partition coefficient (Wildman–Crippen LogP) is 10.6. The van der Waals surface area contributed by atoms with E-state index in [9.17, 15) is 5.26 Å². The van der Waals surface area contributed by atoms with Crippen molar-refractivity contribution < 1.29 is 4.42 Å². The molecule has 1 aromatic heterocycles. The summed E-state index contributed by atoms with van der Waals surface area (Å²) >= 11 is 0. The van der Waals surface area contributed by atoms with Crippen molar-refractivity contribution in [2.24, 2.45) is 0 Å². The molecular weight excluding hydrogens is 522 g/mol. The molecule has 0 spiro atoms. The molecule has 6 aromatic carbocycles. The van der Waals surface area contributed by atoms with Gasteiger partial charge in [0.2, 0.25) is 0 Å². The summed E-state index contributed by atoms with van der Waals surface area (Å²) in [4.78, 5) is 0. The molecule has 1 heterocycles. The third-order valence-electron chi connectivity index (χ3n) is 9.79. The van der Waals surface area contributed by atoms with Crippen LogP contribution in [0.25, 0.3) is 55.3 Å². The van der Waals surface area contributed by atoms with Crippen molar-refractivity contribution in [1.29, 1.82) is 5.26 Å². The summed E-state index contributed by atoms with van der Waals surface area (Å²) in [5.41, 5.74) is 16.1. The first-order valence-electron chi connectivity index (χ1n) is 14.9. The molecule has 2 nitrogen and oxygen atoms in total. The van der Waals surface area contributed by atoms with Gasteiger partial charge in [0.1, 0.15) is 11.2 Å². The molecule has 0 atom stereocenters. The van der Waals surface area contributed by atoms with Crippen LogP contribution in [0.2, 0.25) is 0 Å². The Morgan fingerprint density at radius 3 is 2.02 bits per heavy atom. The van der Waals surface area contributed by atoms with Crippen LogP contribution in [0.3, 0.4) is 0 Å². The third kappa shape index (κ3) is 3.23. The summed E-state index contributed by atoms with van der Waals surface area (Å²) in [6, 6.07) is 45.7. The zero-order chi connectivity index (χ0) is 28.9. The molecule has 0 aliphatic heterocycles. The van der Waals surface area contributed by atoms with Gasteiger partial charge in [-0.2, -0.15) is 5.26 Å². The van der Waals surface area contributed by atoms with Crippen LogP contribution in [0.4, 0.5) is 0 Å². The van der Waals surface area contributed by atoms with E-state index in [4.69, 9.17) is 4.42 Å². The zero-order valence-electron chi connectivity index (χ0n) is 24.0. The van der Waals surface area contributed by atoms with E-state index >= 15 is 0 Å². The molecule has 7 aromatic rings. The lowest BCUT2D eigenvalue weighted by Gasteiger charge is -2.21. The van der Waals surface area contributed by atoms with Crippen molar-refractivity contribution in [3.05, 3.63) is 155 Å². The van der Waals surface area contributed by atoms with Gasteiger partial charge in [-0.1, -0.05) is 105 Å². The van der Waals surface area contributed by atoms with Crippen molar-refractivity contribution in [3.63, 3.8) is 0 Å². The number of furan rings is 1. The topological polar surface area (TPSA) is 36.9 Å². The van der Waals surface area contributed by atoms with Crippen LogP contribution in [-0.4, -0.2) is 0 Å². The average molecular weight is 550 g/mol. The Bertz CT molecular complexity index is 2300. The molecule has 0 fully saturated rings. The first-order valence-corrected chi connectivity index (χ1v) is 14.9. The Morgan fingerprint density at radius 1 is 0.605 bits per heavy atom. The number of rotatable bonds is 2. The lowest BCUT2D eigenvalue weighted by atomic mass is 9.81. The lowest BCUT2D eigenvalue weighted by molar-refractivity contribution is 0.620. The molecule has 0 saturated heterocycles. The second-order valence-corrected chi connectivity index (χ2v) is 12.4. The maximum atomic E-state index is 9.91. The molecule has 0 unspecified atom stereocenters. The van der Waals surface area contributed by atoms with E-state index in [-0.39, 0.29) is 11.3 Å². The molecule has 2 aliphatic rings. The lowest BCUT2D eigenvalue weighted by Crippen LogP contribution is -2.15. The van der Waals surface area contributed by atoms with Gasteiger partial charge in [0.05, 0.1) is 11.6 Å². The van der Waals surface area contributed by atoms with Gasteiger partial charge >= 0.3 is 0 Å². The van der Waals surface area contributed by atoms with Gasteiger partial charge in [0, 0.05) is 27.7 Å². The molecule has 202 valence electrons. The highest BCUT2D eigenvalue weighted by atomic mass is 16.3. The van der Waals surface area contributed by atoms with Crippen LogP contribution in [0.5, 0.6) is 0 Å². The largest absolute Gasteiger partial charge is 0.456 e. The standard InChI is InChI=1S/C41H27NO/c1-41(2)36-14-8-7-11-29(36)32-18-19-33-34-22-25(16-20-37(34)43-40(33)39(32)41)26-17-15-24(23-42)21-35(26)38-30-12-5-3-9-27(30)28-10-4-6-13-31(28)38/h3-22,38H,1-2H3. The number of nitrogens with zero attached hydrogens (tertiary/aromatic N) is 1. The molecule has 0 saturated carbocycles. The van der Waals surface area contributed by atoms with Crippen molar-refractivity contribution in [3.8, 4) is 39.4 Å². The first kappa shape index (κ1) is 24.2. The van der Waals surface area contributed by atoms with E-state index in [1.807, 2.05) is 6.07 Å². The summed E-state index contributed by atoms with van der Waals surface area (Å²) in [5.74, 6) is 0.0510. The number of benzene rings is 6. The van der Waals surface area contributed by atoms with Crippen molar-refractivity contribution >= 4 is 21.9 Å². The number of nitriles is 1. The highest BCUT2D eigenvalue weighted by Gasteiger charge is 2.38. The Morgan fingerprint density at radius 2 is 1.28 bits per heavy atom. The molecule has 0 amide bonds. The van der Waals surface area contributed by atoms with Crippen molar-refractivity contribution in [2.45, 2.75) is 25.2 Å². The van der Waals surface area contributed by atoms with E-state index in [0.29, 0.717) is 5.56 Å². The smallest absolute Gasteiger partial charge is 0.140 e. The van der Waals surface area contributed by atoms with Crippen LogP contribution in [0, 0.1) is 11.3 Å². The number of hydrogen-bond donors (Lipinski definition) is 0. The highest BCUT2D eigenvalue weighted by molar-refractivity contribution is 6.10. The van der Waals surface area contributed by atoms with Gasteiger partial charge in [0.15, 0.2) is 0 Å². The maximum absolute atomic E-state index is 9.91. The third-order valence-corrected chi connectivity index (χ3v) is 9.79. The van der Waals surface area contributed by atoms with Crippen LogP contribution in [-0.2, 0) is 5.41 Å². The van der Waals surface area contributed by atoms with Gasteiger partial charge in [0.25, 0.3) is 0 Å². The molecule has 9 rings (SSSR count). The van der Waals surface area contributed by atoms with Crippen LogP contribution < -0.4 is 0 Å². The fourth-order valence-corrected chi connectivity index (χ4v) is 7.87. The minimum Gasteiger partial charge on any atom is -0.456 e. The van der Waals surface area contributed by atoms with E-state index in [0.717, 1.165) is 38.6 Å². The fourth-order valence-electron chi connectivity index (χ4n) is 7.87. The SMILES string of the molecule is CC1(C)c2ccccc2-c2ccc3c(oc4ccc(-c5ccc(C#N)cc5C5c6ccccc6-c6ccccc65)cc43)c21. The molecule has 0 bridgehead atoms. The second kappa shape index (κ2) is 8.57. The average Bonchev–Trinajstić information content (AvgIpc) is 3.66. The van der Waals surface area contributed by atoms with E-state index < -0.39 is 0 Å². The predicted molar refractivity (Wildman–Crippen MR) is 174 cm³/mol. The molecule has 0 radical (unpaired) electrons. The number of hydrogen-bond acceptors (Lipinski definition) is 2. The highest BCUT2D eigenvalue weighted by Crippen LogP contribution is 2.53. The van der Waals surface area contributed by atoms with E-state index in [2.05, 4.69) is 135 Å². The first-order chi connectivity index (χ1) is 21.0. The zero-order valence-corrected chi connectivity index (χ0v) is 24.0. The maximum Gasteiger partial charge on any atom is 0.140 e. The Labute approximate surface area is 250 Å². The van der Waals surface area contributed by atoms with Crippen molar-refractivity contribution in [1.82, 2.24) is 0 Å². The minimum absolute atomic E-state index is 0.0510. The normalized spacial score (nSPS) is 14.3.